The van der Waals surface area contributed by atoms with E-state index in [1.807, 2.05) is 0 Å². The van der Waals surface area contributed by atoms with Crippen LogP contribution >= 0.6 is 0 Å². The lowest BCUT2D eigenvalue weighted by atomic mass is 9.69. The normalized spacial score (nSPS) is 41.6. The molecule has 3 fully saturated rings. The zero-order chi connectivity index (χ0) is 18.6. The van der Waals surface area contributed by atoms with E-state index in [9.17, 15) is 4.79 Å². The molecule has 25 heavy (non-hydrogen) atoms. The molecular formula is C20H38BNO2Si. The predicted molar refractivity (Wildman–Crippen MR) is 109 cm³/mol. The summed E-state index contributed by atoms with van der Waals surface area (Å²) in [6.07, 6.45) is 6.45. The van der Waals surface area contributed by atoms with Crippen molar-refractivity contribution in [1.82, 2.24) is 4.81 Å². The molecule has 0 amide bonds. The highest BCUT2D eigenvalue weighted by Crippen LogP contribution is 2.66. The molecule has 2 aliphatic carbocycles. The van der Waals surface area contributed by atoms with E-state index in [1.165, 1.54) is 25.7 Å². The van der Waals surface area contributed by atoms with Gasteiger partial charge >= 0.3 is 0 Å². The van der Waals surface area contributed by atoms with Gasteiger partial charge in [0.05, 0.1) is 6.19 Å². The topological polar surface area (TPSA) is 29.5 Å². The highest BCUT2D eigenvalue weighted by molar-refractivity contribution is 6.74. The second-order valence-corrected chi connectivity index (χ2v) is 15.5. The summed E-state index contributed by atoms with van der Waals surface area (Å²) in [5.41, 5.74) is 0.448. The molecule has 1 aliphatic heterocycles. The van der Waals surface area contributed by atoms with Crippen LogP contribution in [0.2, 0.25) is 18.1 Å². The highest BCUT2D eigenvalue weighted by Gasteiger charge is 2.66. The minimum Gasteiger partial charge on any atom is -0.415 e. The molecule has 3 aliphatic rings. The van der Waals surface area contributed by atoms with Gasteiger partial charge in [0.1, 0.15) is 0 Å². The molecule has 5 unspecified atom stereocenters. The number of hydrogen-bond donors (Lipinski definition) is 0. The van der Waals surface area contributed by atoms with Gasteiger partial charge in [-0.25, -0.2) is 0 Å². The Morgan fingerprint density at radius 3 is 2.60 bits per heavy atom. The molecule has 0 aromatic carbocycles. The average Bonchev–Trinajstić information content (AvgIpc) is 3.08. The van der Waals surface area contributed by atoms with Crippen LogP contribution in [0.1, 0.15) is 60.3 Å². The van der Waals surface area contributed by atoms with Crippen molar-refractivity contribution in [1.29, 1.82) is 0 Å². The first-order valence-electron chi connectivity index (χ1n) is 10.4. The molecule has 2 saturated carbocycles. The Hall–Kier alpha value is -0.128. The molecule has 0 aromatic heterocycles. The van der Waals surface area contributed by atoms with E-state index in [-0.39, 0.29) is 5.04 Å². The minimum absolute atomic E-state index is 0.239. The van der Waals surface area contributed by atoms with Crippen LogP contribution in [0.15, 0.2) is 0 Å². The van der Waals surface area contributed by atoms with E-state index in [0.29, 0.717) is 30.8 Å². The van der Waals surface area contributed by atoms with Gasteiger partial charge in [-0.2, -0.15) is 0 Å². The second-order valence-electron chi connectivity index (χ2n) is 10.7. The summed E-state index contributed by atoms with van der Waals surface area (Å²) in [7, 11) is -1.17. The summed E-state index contributed by atoms with van der Waals surface area (Å²) in [4.78, 5) is 14.0. The first-order valence-corrected chi connectivity index (χ1v) is 13.3. The Balaban J connectivity index is 1.88. The van der Waals surface area contributed by atoms with Gasteiger partial charge in [-0.05, 0) is 60.6 Å². The van der Waals surface area contributed by atoms with Crippen LogP contribution in [0, 0.1) is 23.2 Å². The first kappa shape index (κ1) is 19.6. The summed E-state index contributed by atoms with van der Waals surface area (Å²) in [5, 5.41) is 0.239. The van der Waals surface area contributed by atoms with Crippen molar-refractivity contribution in [2.75, 3.05) is 6.61 Å². The lowest BCUT2D eigenvalue weighted by molar-refractivity contribution is 0.136. The monoisotopic (exact) mass is 363 g/mol. The summed E-state index contributed by atoms with van der Waals surface area (Å²) in [6, 6.07) is 1.04. The summed E-state index contributed by atoms with van der Waals surface area (Å²) in [6.45, 7) is 17.4. The summed E-state index contributed by atoms with van der Waals surface area (Å²) < 4.78 is 6.69. The fraction of sp³-hybridized carbons (Fsp3) is 0.950. The van der Waals surface area contributed by atoms with Crippen LogP contribution in [0.4, 0.5) is 0 Å². The number of carbonyl (C=O) groups excluding carboxylic acids is 1. The van der Waals surface area contributed by atoms with Crippen LogP contribution in [-0.4, -0.2) is 45.4 Å². The van der Waals surface area contributed by atoms with Gasteiger partial charge in [-0.3, -0.25) is 0 Å². The lowest BCUT2D eigenvalue weighted by Gasteiger charge is -2.40. The second kappa shape index (κ2) is 6.49. The molecular weight excluding hydrogens is 325 g/mol. The molecule has 1 heterocycles. The van der Waals surface area contributed by atoms with Gasteiger partial charge in [-0.15, -0.1) is 0 Å². The van der Waals surface area contributed by atoms with Gasteiger partial charge in [0.2, 0.25) is 0 Å². The van der Waals surface area contributed by atoms with E-state index >= 15 is 0 Å². The number of nitrogens with zero attached hydrogens (tertiary/aromatic N) is 1. The summed E-state index contributed by atoms with van der Waals surface area (Å²) in [5.74, 6) is 2.24. The summed E-state index contributed by atoms with van der Waals surface area (Å²) >= 11 is 0. The predicted octanol–water partition coefficient (Wildman–Crippen LogP) is 4.07. The maximum absolute atomic E-state index is 11.5. The van der Waals surface area contributed by atoms with Gasteiger partial charge in [0, 0.05) is 18.7 Å². The Bertz CT molecular complexity index is 520. The van der Waals surface area contributed by atoms with Crippen LogP contribution in [-0.2, 0) is 9.22 Å². The van der Waals surface area contributed by atoms with Crippen LogP contribution in [0.5, 0.6) is 0 Å². The number of hydrogen-bond acceptors (Lipinski definition) is 3. The van der Waals surface area contributed by atoms with Crippen molar-refractivity contribution >= 4 is 21.9 Å². The largest absolute Gasteiger partial charge is 0.415 e. The van der Waals surface area contributed by atoms with Crippen molar-refractivity contribution in [2.45, 2.75) is 90.5 Å². The third-order valence-corrected chi connectivity index (χ3v) is 13.0. The number of carbonyl (C=O) groups is 1. The smallest absolute Gasteiger partial charge is 0.281 e. The fourth-order valence-corrected chi connectivity index (χ4v) is 7.51. The van der Waals surface area contributed by atoms with Crippen LogP contribution in [0.3, 0.4) is 0 Å². The molecule has 6 atom stereocenters. The van der Waals surface area contributed by atoms with Crippen molar-refractivity contribution in [3.8, 4) is 0 Å². The average molecular weight is 363 g/mol. The number of rotatable bonds is 5. The maximum Gasteiger partial charge on any atom is 0.281 e. The van der Waals surface area contributed by atoms with E-state index in [1.54, 1.807) is 0 Å². The zero-order valence-corrected chi connectivity index (χ0v) is 18.5. The van der Waals surface area contributed by atoms with Crippen molar-refractivity contribution < 1.29 is 9.22 Å². The molecule has 5 heteroatoms. The Morgan fingerprint density at radius 1 is 1.32 bits per heavy atom. The van der Waals surface area contributed by atoms with Crippen LogP contribution in [0.25, 0.3) is 0 Å². The van der Waals surface area contributed by atoms with E-state index in [2.05, 4.69) is 52.5 Å². The molecule has 0 bridgehead atoms. The zero-order valence-electron chi connectivity index (χ0n) is 17.5. The minimum atomic E-state index is -1.76. The van der Waals surface area contributed by atoms with Crippen LogP contribution < -0.4 is 0 Å². The van der Waals surface area contributed by atoms with Gasteiger partial charge in [0.25, 0.3) is 7.41 Å². The Labute approximate surface area is 156 Å². The maximum atomic E-state index is 11.5. The molecule has 3 nitrogen and oxygen atoms in total. The molecule has 1 spiro atoms. The molecule has 142 valence electrons. The van der Waals surface area contributed by atoms with Gasteiger partial charge in [-0.1, -0.05) is 41.0 Å². The van der Waals surface area contributed by atoms with Crippen molar-refractivity contribution in [2.24, 2.45) is 23.2 Å². The Morgan fingerprint density at radius 2 is 2.00 bits per heavy atom. The SMILES string of the molecule is CC1CC(C)C23CCCC2N(BC=O)[C@H](CO[Si](C)(C)C(C)(C)C)C13. The first-order chi connectivity index (χ1) is 11.6. The highest BCUT2D eigenvalue weighted by atomic mass is 28.4. The van der Waals surface area contributed by atoms with E-state index < -0.39 is 8.32 Å². The van der Waals surface area contributed by atoms with Crippen molar-refractivity contribution in [3.05, 3.63) is 0 Å². The quantitative estimate of drug-likeness (QED) is 0.545. The molecule has 3 rings (SSSR count). The third kappa shape index (κ3) is 2.89. The van der Waals surface area contributed by atoms with Crippen molar-refractivity contribution in [3.63, 3.8) is 0 Å². The molecule has 0 aromatic rings. The van der Waals surface area contributed by atoms with E-state index in [4.69, 9.17) is 4.43 Å². The lowest BCUT2D eigenvalue weighted by Crippen LogP contribution is -2.49. The Kier molecular flexibility index (Phi) is 5.09. The van der Waals surface area contributed by atoms with Gasteiger partial charge in [0.15, 0.2) is 8.32 Å². The van der Waals surface area contributed by atoms with E-state index in [0.717, 1.165) is 24.6 Å². The molecule has 1 saturated heterocycles. The van der Waals surface area contributed by atoms with Gasteiger partial charge < -0.3 is 14.0 Å². The molecule has 0 N–H and O–H groups in total. The fourth-order valence-electron chi connectivity index (χ4n) is 6.49. The standard InChI is InChI=1S/C20H38BNO2Si/c1-14-11-15(2)20-10-8-9-17(20)22(21-13-23)16(18(14)20)12-24-25(6,7)19(3,4)5/h13-18,21H,8-12H2,1-7H3/t14?,15?,16-,17?,18?,20?/m1/s1. The molecule has 0 radical (unpaired) electrons. The third-order valence-electron chi connectivity index (χ3n) is 8.53.